The largest absolute Gasteiger partial charge is 0.476 e. The fourth-order valence-electron chi connectivity index (χ4n) is 8.88. The van der Waals surface area contributed by atoms with Crippen molar-refractivity contribution in [3.05, 3.63) is 197 Å². The van der Waals surface area contributed by atoms with Crippen molar-refractivity contribution in [3.8, 4) is 57.8 Å². The summed E-state index contributed by atoms with van der Waals surface area (Å²) >= 11 is 3.19. The second kappa shape index (κ2) is 30.2. The molecule has 460 valence electrons. The number of halogens is 1. The van der Waals surface area contributed by atoms with Gasteiger partial charge in [0, 0.05) is 174 Å². The van der Waals surface area contributed by atoms with Gasteiger partial charge in [-0.1, -0.05) is 0 Å². The minimum absolute atomic E-state index is 0.0332. The number of pyridine rings is 6. The van der Waals surface area contributed by atoms with Crippen LogP contribution in [0.1, 0.15) is 61.0 Å². The van der Waals surface area contributed by atoms with Gasteiger partial charge in [-0.3, -0.25) is 24.7 Å². The third kappa shape index (κ3) is 15.8. The van der Waals surface area contributed by atoms with Crippen molar-refractivity contribution < 1.29 is 23.5 Å². The number of anilines is 5. The molecular formula is C63H61BrN22O5. The number of carbonyl (C=O) groups is 2. The zero-order valence-electron chi connectivity index (χ0n) is 50.7. The van der Waals surface area contributed by atoms with Crippen LogP contribution in [0, 0.1) is 36.5 Å². The standard InChI is InChI=1S/C25H24N8O2.C16H12N6O3.C8H13N3.C8H9N3.C6H3BrN2/c1-15-12-29-20-7-5-17(14-33(15)20)21-23(25-28-10-11-35-25)31-24(26)22(30-21)19(34)6-4-16-13-27-9-8-18(16)32(2)3;1-8-6-19-10-3-2-9(7-22(8)10)11-12(15-18-4-5-25-15)21-14(17)13(20-11)16(23)24;2*1-11(2)8-3-4-10-6-7(8)5-9;7-6-1-2-9-4-5(6)3-8/h5,7-14H,4,6H2,1-3H3,(H2,26,31);2-7H,1H3,(H2,17,21)(H,23,24);3-4,6H,5,9H2,1-2H3;3-4,6H,1-2H3;1-2,4H. The van der Waals surface area contributed by atoms with Crippen molar-refractivity contribution in [2.45, 2.75) is 33.2 Å². The summed E-state index contributed by atoms with van der Waals surface area (Å²) in [4.78, 5) is 80.8. The summed E-state index contributed by atoms with van der Waals surface area (Å²) in [6, 6.07) is 18.8. The number of carbonyl (C=O) groups excluding carboxylic acids is 1. The maximum Gasteiger partial charge on any atom is 0.358 e. The first kappa shape index (κ1) is 65.1. The van der Waals surface area contributed by atoms with Crippen LogP contribution >= 0.6 is 15.9 Å². The lowest BCUT2D eigenvalue weighted by molar-refractivity contribution is 0.0691. The Balaban J connectivity index is 0.000000164. The Morgan fingerprint density at radius 2 is 1.01 bits per heavy atom. The molecule has 0 aromatic carbocycles. The van der Waals surface area contributed by atoms with Gasteiger partial charge in [0.15, 0.2) is 34.5 Å². The Morgan fingerprint density at radius 3 is 1.44 bits per heavy atom. The maximum atomic E-state index is 13.3. The van der Waals surface area contributed by atoms with Gasteiger partial charge in [0.1, 0.15) is 53.0 Å². The molecular weight excluding hydrogens is 1220 g/mol. The third-order valence-corrected chi connectivity index (χ3v) is 14.1. The lowest BCUT2D eigenvalue weighted by Crippen LogP contribution is -2.14. The highest BCUT2D eigenvalue weighted by atomic mass is 79.9. The molecule has 0 atom stereocenters. The van der Waals surface area contributed by atoms with E-state index in [9.17, 15) is 14.7 Å². The first-order chi connectivity index (χ1) is 43.8. The summed E-state index contributed by atoms with van der Waals surface area (Å²) in [5.74, 6) is -1.16. The Bertz CT molecular complexity index is 4570. The van der Waals surface area contributed by atoms with E-state index in [2.05, 4.69) is 76.8 Å². The minimum atomic E-state index is -1.26. The number of carboxylic acid groups (broad SMARTS) is 1. The zero-order valence-corrected chi connectivity index (χ0v) is 52.3. The molecule has 0 radical (unpaired) electrons. The zero-order chi connectivity index (χ0) is 65.3. The molecule has 0 bridgehead atoms. The Kier molecular flexibility index (Phi) is 21.6. The number of hydrogen-bond donors (Lipinski definition) is 4. The highest BCUT2D eigenvalue weighted by molar-refractivity contribution is 9.10. The van der Waals surface area contributed by atoms with Crippen molar-refractivity contribution in [1.82, 2.24) is 68.6 Å². The number of aromatic carboxylic acids is 1. The van der Waals surface area contributed by atoms with Crippen molar-refractivity contribution in [1.29, 1.82) is 10.5 Å². The summed E-state index contributed by atoms with van der Waals surface area (Å²) in [6.07, 6.45) is 27.2. The van der Waals surface area contributed by atoms with Gasteiger partial charge in [-0.2, -0.15) is 10.5 Å². The number of aryl methyl sites for hydroxylation is 3. The van der Waals surface area contributed by atoms with Crippen LogP contribution in [-0.4, -0.2) is 128 Å². The molecule has 0 amide bonds. The molecule has 28 heteroatoms. The van der Waals surface area contributed by atoms with E-state index in [0.29, 0.717) is 46.7 Å². The van der Waals surface area contributed by atoms with E-state index in [1.165, 1.54) is 31.1 Å². The summed E-state index contributed by atoms with van der Waals surface area (Å²) in [7, 11) is 11.7. The van der Waals surface area contributed by atoms with E-state index < -0.39 is 5.97 Å². The molecule has 12 aromatic heterocycles. The van der Waals surface area contributed by atoms with E-state index >= 15 is 0 Å². The molecule has 12 heterocycles. The van der Waals surface area contributed by atoms with Crippen LogP contribution in [0.4, 0.5) is 28.7 Å². The predicted molar refractivity (Wildman–Crippen MR) is 346 cm³/mol. The number of nitrogens with zero attached hydrogens (tertiary/aromatic N) is 19. The second-order valence-electron chi connectivity index (χ2n) is 20.2. The number of carboxylic acids is 1. The molecule has 27 nitrogen and oxygen atoms in total. The molecule has 0 saturated carbocycles. The molecule has 0 fully saturated rings. The van der Waals surface area contributed by atoms with Crippen LogP contribution in [0.3, 0.4) is 0 Å². The number of aromatic nitrogens is 14. The van der Waals surface area contributed by atoms with Crippen LogP contribution < -0.4 is 31.9 Å². The van der Waals surface area contributed by atoms with Gasteiger partial charge in [0.05, 0.1) is 29.2 Å². The van der Waals surface area contributed by atoms with Crippen LogP contribution in [0.2, 0.25) is 0 Å². The fourth-order valence-corrected chi connectivity index (χ4v) is 9.19. The van der Waals surface area contributed by atoms with Crippen molar-refractivity contribution in [3.63, 3.8) is 0 Å². The van der Waals surface area contributed by atoms with Gasteiger partial charge < -0.3 is 54.6 Å². The van der Waals surface area contributed by atoms with E-state index in [0.717, 1.165) is 60.9 Å². The summed E-state index contributed by atoms with van der Waals surface area (Å²) in [5, 5.41) is 26.4. The molecule has 12 rings (SSSR count). The number of Topliss-reactive ketones (excluding diaryl/α,β-unsaturated/α-hetero) is 1. The van der Waals surface area contributed by atoms with Crippen molar-refractivity contribution >= 4 is 67.7 Å². The van der Waals surface area contributed by atoms with Crippen LogP contribution in [-0.2, 0) is 13.0 Å². The van der Waals surface area contributed by atoms with Gasteiger partial charge in [-0.05, 0) is 90.3 Å². The quantitative estimate of drug-likeness (QED) is 0.0782. The number of ketones is 1. The summed E-state index contributed by atoms with van der Waals surface area (Å²) < 4.78 is 15.4. The topological polar surface area (TPSA) is 380 Å². The van der Waals surface area contributed by atoms with Crippen LogP contribution in [0.15, 0.2) is 161 Å². The Hall–Kier alpha value is -11.9. The number of nitriles is 2. The van der Waals surface area contributed by atoms with Crippen LogP contribution in [0.25, 0.3) is 57.0 Å². The predicted octanol–water partition coefficient (Wildman–Crippen LogP) is 8.99. The van der Waals surface area contributed by atoms with Crippen LogP contribution in [0.5, 0.6) is 0 Å². The second-order valence-corrected chi connectivity index (χ2v) is 21.0. The Labute approximate surface area is 530 Å². The normalized spacial score (nSPS) is 10.4. The number of nitrogens with two attached hydrogens (primary N) is 3. The average molecular weight is 1290 g/mol. The first-order valence-electron chi connectivity index (χ1n) is 27.5. The fraction of sp³-hybridized carbons (Fsp3) is 0.175. The van der Waals surface area contributed by atoms with E-state index in [1.54, 1.807) is 80.2 Å². The minimum Gasteiger partial charge on any atom is -0.476 e. The molecule has 0 aliphatic rings. The van der Waals surface area contributed by atoms with Gasteiger partial charge >= 0.3 is 5.97 Å². The summed E-state index contributed by atoms with van der Waals surface area (Å²) in [5.41, 5.74) is 29.8. The molecule has 7 N–H and O–H groups in total. The molecule has 0 aliphatic carbocycles. The highest BCUT2D eigenvalue weighted by Gasteiger charge is 2.24. The number of hydrogen-bond acceptors (Lipinski definition) is 24. The van der Waals surface area contributed by atoms with Gasteiger partial charge in [-0.15, -0.1) is 0 Å². The van der Waals surface area contributed by atoms with E-state index in [-0.39, 0.29) is 52.7 Å². The molecule has 0 spiro atoms. The Morgan fingerprint density at radius 1 is 0.560 bits per heavy atom. The van der Waals surface area contributed by atoms with Gasteiger partial charge in [0.2, 0.25) is 11.8 Å². The lowest BCUT2D eigenvalue weighted by atomic mass is 10.0. The third-order valence-electron chi connectivity index (χ3n) is 13.4. The number of nitrogen functional groups attached to an aromatic ring is 2. The number of fused-ring (bicyclic) bond motifs is 2. The smallest absolute Gasteiger partial charge is 0.358 e. The first-order valence-corrected chi connectivity index (χ1v) is 28.3. The lowest BCUT2D eigenvalue weighted by Gasteiger charge is -2.16. The summed E-state index contributed by atoms with van der Waals surface area (Å²) in [6.45, 7) is 4.42. The SMILES string of the molecule is CN(C)c1ccncc1C#N.CN(C)c1ccncc1CN.Cc1cnc2ccc(-c3nc(C(=O)CCc4cnccc4N(C)C)c(N)nc3-c3ncco3)cn12.Cc1cnc2ccc(-c3nc(C(=O)O)c(N)nc3-c3ncco3)cn12.N#Cc1cnccc1Br. The monoisotopic (exact) mass is 1280 g/mol. The molecule has 91 heavy (non-hydrogen) atoms. The van der Waals surface area contributed by atoms with Crippen molar-refractivity contribution in [2.24, 2.45) is 5.73 Å². The van der Waals surface area contributed by atoms with Crippen molar-refractivity contribution in [2.75, 3.05) is 68.5 Å². The van der Waals surface area contributed by atoms with E-state index in [1.807, 2.05) is 122 Å². The number of rotatable bonds is 13. The van der Waals surface area contributed by atoms with Gasteiger partial charge in [-0.25, -0.2) is 44.7 Å². The molecule has 0 unspecified atom stereocenters. The highest BCUT2D eigenvalue weighted by Crippen LogP contribution is 2.33. The van der Waals surface area contributed by atoms with E-state index in [4.69, 9.17) is 41.5 Å². The number of oxazole rings is 2. The average Bonchev–Trinajstić information content (AvgIpc) is 1.89. The van der Waals surface area contributed by atoms with Gasteiger partial charge in [0.25, 0.3) is 0 Å². The number of imidazole rings is 2. The molecule has 0 saturated heterocycles. The molecule has 0 aliphatic heterocycles. The molecule has 12 aromatic rings. The maximum absolute atomic E-state index is 13.3.